The monoisotopic (exact) mass is 889 g/mol. The van der Waals surface area contributed by atoms with Gasteiger partial charge in [0.15, 0.2) is 24.8 Å². The highest BCUT2D eigenvalue weighted by molar-refractivity contribution is 5.97. The summed E-state index contributed by atoms with van der Waals surface area (Å²) in [6.07, 6.45) is 7.81. The van der Waals surface area contributed by atoms with Crippen LogP contribution in [0, 0.1) is 11.8 Å². The molecule has 0 saturated heterocycles. The van der Waals surface area contributed by atoms with Crippen LogP contribution in [0.25, 0.3) is 0 Å². The van der Waals surface area contributed by atoms with Crippen LogP contribution < -0.4 is 54.3 Å². The first-order valence-electron chi connectivity index (χ1n) is 20.6. The summed E-state index contributed by atoms with van der Waals surface area (Å²) in [5.74, 6) is -1.46. The number of primary amides is 2. The van der Waals surface area contributed by atoms with Crippen LogP contribution in [0.15, 0.2) is 110 Å². The summed E-state index contributed by atoms with van der Waals surface area (Å²) in [5.41, 5.74) is 13.8. The number of alkyl carbamates (subject to hydrolysis) is 2. The van der Waals surface area contributed by atoms with E-state index in [4.69, 9.17) is 20.9 Å². The van der Waals surface area contributed by atoms with E-state index in [0.717, 1.165) is 11.1 Å². The minimum Gasteiger partial charge on any atom is -1.00 e. The van der Waals surface area contributed by atoms with Gasteiger partial charge < -0.3 is 54.6 Å². The van der Waals surface area contributed by atoms with Crippen molar-refractivity contribution in [2.24, 2.45) is 23.3 Å². The number of amides is 6. The van der Waals surface area contributed by atoms with Gasteiger partial charge in [-0.3, -0.25) is 19.2 Å². The Bertz CT molecular complexity index is 1890. The largest absolute Gasteiger partial charge is 1.00 e. The molecule has 2 aromatic carbocycles. The van der Waals surface area contributed by atoms with E-state index in [0.29, 0.717) is 36.8 Å². The lowest BCUT2D eigenvalue weighted by atomic mass is 10.0. The quantitative estimate of drug-likeness (QED) is 0.0696. The maximum absolute atomic E-state index is 12.4. The van der Waals surface area contributed by atoms with Crippen molar-refractivity contribution in [1.82, 2.24) is 21.3 Å². The Balaban J connectivity index is 0.000000427. The molecule has 0 aliphatic rings. The molecule has 16 nitrogen and oxygen atoms in total. The molecular weight excluding hydrogens is 828 g/mol. The Hall–Kier alpha value is -6.55. The number of nitrogens with two attached hydrogens (primary N) is 2. The van der Waals surface area contributed by atoms with E-state index in [-0.39, 0.29) is 61.6 Å². The van der Waals surface area contributed by atoms with Crippen LogP contribution in [-0.2, 0) is 45.4 Å². The molecule has 4 rings (SSSR count). The lowest BCUT2D eigenvalue weighted by Crippen LogP contribution is -3.00. The van der Waals surface area contributed by atoms with Crippen LogP contribution in [-0.4, -0.2) is 60.0 Å². The van der Waals surface area contributed by atoms with Gasteiger partial charge in [0.05, 0.1) is 11.1 Å². The first kappa shape index (κ1) is 52.6. The lowest BCUT2D eigenvalue weighted by molar-refractivity contribution is -0.727. The molecule has 0 aliphatic heterocycles. The highest BCUT2D eigenvalue weighted by Crippen LogP contribution is 2.08. The molecule has 4 aromatic rings. The lowest BCUT2D eigenvalue weighted by Gasteiger charge is -2.17. The van der Waals surface area contributed by atoms with Crippen LogP contribution in [0.4, 0.5) is 9.59 Å². The van der Waals surface area contributed by atoms with Crippen LogP contribution in [0.1, 0.15) is 86.2 Å². The average Bonchev–Trinajstić information content (AvgIpc) is 3.22. The van der Waals surface area contributed by atoms with E-state index >= 15 is 0 Å². The summed E-state index contributed by atoms with van der Waals surface area (Å²) in [7, 11) is 0. The number of rotatable bonds is 20. The zero-order valence-electron chi connectivity index (χ0n) is 36.8. The molecule has 0 bridgehead atoms. The zero-order chi connectivity index (χ0) is 45.6. The second-order valence-corrected chi connectivity index (χ2v) is 15.9. The maximum Gasteiger partial charge on any atom is 0.412 e. The van der Waals surface area contributed by atoms with Gasteiger partial charge in [0, 0.05) is 36.3 Å². The van der Waals surface area contributed by atoms with E-state index in [1.54, 1.807) is 58.2 Å². The Morgan fingerprint density at radius 1 is 0.508 bits per heavy atom. The number of pyridine rings is 2. The molecule has 0 radical (unpaired) electrons. The van der Waals surface area contributed by atoms with Crippen molar-refractivity contribution in [1.29, 1.82) is 0 Å². The second-order valence-electron chi connectivity index (χ2n) is 15.9. The molecule has 63 heavy (non-hydrogen) atoms. The number of benzene rings is 2. The fourth-order valence-electron chi connectivity index (χ4n) is 6.10. The molecule has 0 fully saturated rings. The molecule has 6 amide bonds. The predicted molar refractivity (Wildman–Crippen MR) is 232 cm³/mol. The Kier molecular flexibility index (Phi) is 22.9. The number of nitrogens with zero attached hydrogens (tertiary/aromatic N) is 2. The highest BCUT2D eigenvalue weighted by Gasteiger charge is 2.22. The van der Waals surface area contributed by atoms with Gasteiger partial charge in [-0.25, -0.2) is 9.59 Å². The normalized spacial score (nSPS) is 12.4. The number of carbonyl (C=O) groups excluding carboxylic acids is 6. The van der Waals surface area contributed by atoms with E-state index in [1.165, 1.54) is 0 Å². The summed E-state index contributed by atoms with van der Waals surface area (Å²) in [6, 6.07) is 24.5. The Morgan fingerprint density at radius 2 is 0.825 bits per heavy atom. The topological polar surface area (TPSA) is 229 Å². The summed E-state index contributed by atoms with van der Waals surface area (Å²) >= 11 is 0. The second kappa shape index (κ2) is 27.4. The van der Waals surface area contributed by atoms with Crippen molar-refractivity contribution in [2.45, 2.75) is 105 Å². The fourth-order valence-corrected chi connectivity index (χ4v) is 6.10. The van der Waals surface area contributed by atoms with E-state index < -0.39 is 36.1 Å². The van der Waals surface area contributed by atoms with Crippen molar-refractivity contribution in [3.05, 3.63) is 132 Å². The van der Waals surface area contributed by atoms with Gasteiger partial charge in [0.25, 0.3) is 25.3 Å². The van der Waals surface area contributed by atoms with Crippen LogP contribution in [0.3, 0.4) is 0 Å². The van der Waals surface area contributed by atoms with Gasteiger partial charge in [0.2, 0.25) is 11.8 Å². The SMILES string of the molecule is CC(C)C[C@H](NC(=O)c1cc[n+](COC(=O)N[C@@H](C)Cc2ccccc2)cc1)C(N)=O.CC(C)C[C@H](NC(=O)c1cc[n+](COC(=O)N[C@@H](C)Cc2ccccc2)cc1)C(N)=O.[Cl-]. The first-order chi connectivity index (χ1) is 29.5. The molecule has 0 unspecified atom stereocenters. The van der Waals surface area contributed by atoms with Crippen molar-refractivity contribution in [3.63, 3.8) is 0 Å². The van der Waals surface area contributed by atoms with Gasteiger partial charge in [-0.05, 0) is 62.5 Å². The first-order valence-corrected chi connectivity index (χ1v) is 20.6. The molecular formula is C46H62ClN8O8+. The van der Waals surface area contributed by atoms with E-state index in [9.17, 15) is 28.8 Å². The maximum atomic E-state index is 12.4. The molecule has 2 aromatic heterocycles. The highest BCUT2D eigenvalue weighted by atomic mass is 35.5. The minimum absolute atomic E-state index is 0. The predicted octanol–water partition coefficient (Wildman–Crippen LogP) is 0.842. The zero-order valence-corrected chi connectivity index (χ0v) is 37.5. The average molecular weight is 891 g/mol. The third-order valence-corrected chi connectivity index (χ3v) is 9.21. The van der Waals surface area contributed by atoms with Crippen molar-refractivity contribution in [2.75, 3.05) is 0 Å². The van der Waals surface area contributed by atoms with Gasteiger partial charge in [-0.15, -0.1) is 0 Å². The number of aromatic nitrogens is 2. The standard InChI is InChI=1S/2C23H30N4O4.ClH/c2*1-16(2)13-20(21(24)28)26-22(29)19-9-11-27(12-10-19)15-31-23(30)25-17(3)14-18-7-5-4-6-8-18;/h2*4-12,16-17,20H,13-15H2,1-3H3,(H3-,24,25,26,28,29,30);1H/p+1/t2*17-,20-;/m00./s1. The number of carbonyl (C=O) groups is 6. The van der Waals surface area contributed by atoms with E-state index in [1.807, 2.05) is 102 Å². The molecule has 0 saturated carbocycles. The smallest absolute Gasteiger partial charge is 0.412 e. The van der Waals surface area contributed by atoms with Gasteiger partial charge in [-0.2, -0.15) is 9.13 Å². The third-order valence-electron chi connectivity index (χ3n) is 9.21. The minimum atomic E-state index is -0.718. The molecule has 17 heteroatoms. The van der Waals surface area contributed by atoms with E-state index in [2.05, 4.69) is 21.3 Å². The Labute approximate surface area is 375 Å². The molecule has 2 heterocycles. The molecule has 340 valence electrons. The summed E-state index contributed by atoms with van der Waals surface area (Å²) in [5, 5.41) is 10.9. The van der Waals surface area contributed by atoms with Crippen LogP contribution in [0.5, 0.6) is 0 Å². The van der Waals surface area contributed by atoms with Crippen molar-refractivity contribution in [3.8, 4) is 0 Å². The molecule has 8 N–H and O–H groups in total. The number of hydrogen-bond donors (Lipinski definition) is 6. The van der Waals surface area contributed by atoms with Gasteiger partial charge in [-0.1, -0.05) is 88.4 Å². The van der Waals surface area contributed by atoms with Crippen molar-refractivity contribution < 1.29 is 59.8 Å². The number of nitrogens with one attached hydrogen (secondary N) is 4. The fraction of sp³-hybridized carbons (Fsp3) is 0.391. The van der Waals surface area contributed by atoms with Crippen LogP contribution >= 0.6 is 0 Å². The Morgan fingerprint density at radius 3 is 1.11 bits per heavy atom. The third kappa shape index (κ3) is 20.7. The molecule has 0 spiro atoms. The summed E-state index contributed by atoms with van der Waals surface area (Å²) in [4.78, 5) is 71.8. The molecule has 0 aliphatic carbocycles. The van der Waals surface area contributed by atoms with Crippen LogP contribution in [0.2, 0.25) is 0 Å². The molecule has 4 atom stereocenters. The number of hydrogen-bond acceptors (Lipinski definition) is 8. The summed E-state index contributed by atoms with van der Waals surface area (Å²) < 4.78 is 13.7. The number of ether oxygens (including phenoxy) is 2. The number of halogens is 1. The van der Waals surface area contributed by atoms with Gasteiger partial charge >= 0.3 is 12.2 Å². The van der Waals surface area contributed by atoms with Crippen molar-refractivity contribution >= 4 is 35.8 Å². The summed E-state index contributed by atoms with van der Waals surface area (Å²) in [6.45, 7) is 11.6. The van der Waals surface area contributed by atoms with Gasteiger partial charge in [0.1, 0.15) is 12.1 Å².